The maximum Gasteiger partial charge on any atom is 0.338 e. The SMILES string of the molecule is COC(=O)C1=C(C)n2nnnc2NC1c1ccccc1. The number of methoxy groups -OCH3 is 1. The summed E-state index contributed by atoms with van der Waals surface area (Å²) in [5.41, 5.74) is 2.10. The normalized spacial score (nSPS) is 17.4. The fourth-order valence-electron chi connectivity index (χ4n) is 2.30. The first-order valence-electron chi connectivity index (χ1n) is 6.11. The predicted molar refractivity (Wildman–Crippen MR) is 71.5 cm³/mol. The van der Waals surface area contributed by atoms with E-state index in [0.29, 0.717) is 17.2 Å². The van der Waals surface area contributed by atoms with Gasteiger partial charge in [-0.1, -0.05) is 35.4 Å². The standard InChI is InChI=1S/C13H13N5O2/c1-8-10(12(19)20-2)11(9-6-4-3-5-7-9)14-13-15-16-17-18(8)13/h3-7,11H,1-2H3,(H,14,15,17). The monoisotopic (exact) mass is 271 g/mol. The van der Waals surface area contributed by atoms with E-state index in [4.69, 9.17) is 4.74 Å². The van der Waals surface area contributed by atoms with Gasteiger partial charge in [0.15, 0.2) is 0 Å². The van der Waals surface area contributed by atoms with Crippen molar-refractivity contribution in [3.05, 3.63) is 41.5 Å². The van der Waals surface area contributed by atoms with Crippen molar-refractivity contribution in [2.45, 2.75) is 13.0 Å². The Kier molecular flexibility index (Phi) is 2.94. The number of aromatic nitrogens is 4. The molecule has 0 saturated heterocycles. The van der Waals surface area contributed by atoms with E-state index in [1.807, 2.05) is 30.3 Å². The van der Waals surface area contributed by atoms with Crippen LogP contribution >= 0.6 is 0 Å². The van der Waals surface area contributed by atoms with Gasteiger partial charge in [-0.05, 0) is 22.9 Å². The Balaban J connectivity index is 2.15. The Bertz CT molecular complexity index is 677. The van der Waals surface area contributed by atoms with Crippen LogP contribution < -0.4 is 5.32 Å². The molecular formula is C13H13N5O2. The number of allylic oxidation sites excluding steroid dienone is 1. The topological polar surface area (TPSA) is 81.9 Å². The molecule has 0 radical (unpaired) electrons. The van der Waals surface area contributed by atoms with Crippen molar-refractivity contribution in [1.82, 2.24) is 20.2 Å². The molecule has 0 fully saturated rings. The van der Waals surface area contributed by atoms with Crippen LogP contribution in [-0.4, -0.2) is 33.3 Å². The number of hydrogen-bond donors (Lipinski definition) is 1. The van der Waals surface area contributed by atoms with Gasteiger partial charge in [0.1, 0.15) is 0 Å². The Morgan fingerprint density at radius 1 is 1.35 bits per heavy atom. The second-order valence-corrected chi connectivity index (χ2v) is 4.39. The van der Waals surface area contributed by atoms with Gasteiger partial charge in [-0.15, -0.1) is 0 Å². The highest BCUT2D eigenvalue weighted by Gasteiger charge is 2.32. The molecule has 2 heterocycles. The number of anilines is 1. The quantitative estimate of drug-likeness (QED) is 0.828. The number of nitrogens with one attached hydrogen (secondary N) is 1. The number of hydrogen-bond acceptors (Lipinski definition) is 6. The van der Waals surface area contributed by atoms with Crippen LogP contribution in [0.1, 0.15) is 18.5 Å². The van der Waals surface area contributed by atoms with Crippen molar-refractivity contribution in [1.29, 1.82) is 0 Å². The maximum absolute atomic E-state index is 12.1. The van der Waals surface area contributed by atoms with E-state index < -0.39 is 5.97 Å². The van der Waals surface area contributed by atoms with E-state index >= 15 is 0 Å². The lowest BCUT2D eigenvalue weighted by atomic mass is 9.96. The minimum absolute atomic E-state index is 0.331. The molecule has 102 valence electrons. The van der Waals surface area contributed by atoms with Gasteiger partial charge in [-0.2, -0.15) is 4.68 Å². The molecule has 1 aromatic carbocycles. The van der Waals surface area contributed by atoms with Gasteiger partial charge in [0.2, 0.25) is 5.95 Å². The average Bonchev–Trinajstić information content (AvgIpc) is 2.96. The lowest BCUT2D eigenvalue weighted by Gasteiger charge is -2.27. The molecule has 1 aliphatic rings. The Morgan fingerprint density at radius 2 is 2.10 bits per heavy atom. The summed E-state index contributed by atoms with van der Waals surface area (Å²) < 4.78 is 6.38. The second-order valence-electron chi connectivity index (χ2n) is 4.39. The minimum atomic E-state index is -0.398. The highest BCUT2D eigenvalue weighted by Crippen LogP contribution is 2.34. The maximum atomic E-state index is 12.1. The molecule has 1 aliphatic heterocycles. The van der Waals surface area contributed by atoms with Crippen molar-refractivity contribution in [3.63, 3.8) is 0 Å². The summed E-state index contributed by atoms with van der Waals surface area (Å²) in [6.07, 6.45) is 0. The molecule has 0 bridgehead atoms. The fraction of sp³-hybridized carbons (Fsp3) is 0.231. The molecule has 7 nitrogen and oxygen atoms in total. The molecule has 2 aromatic rings. The highest BCUT2D eigenvalue weighted by molar-refractivity contribution is 5.97. The van der Waals surface area contributed by atoms with Crippen molar-refractivity contribution in [2.75, 3.05) is 12.4 Å². The molecule has 0 amide bonds. The molecule has 1 aromatic heterocycles. The lowest BCUT2D eigenvalue weighted by molar-refractivity contribution is -0.136. The van der Waals surface area contributed by atoms with Crippen LogP contribution in [0.4, 0.5) is 5.95 Å². The van der Waals surface area contributed by atoms with Gasteiger partial charge in [-0.25, -0.2) is 4.79 Å². The van der Waals surface area contributed by atoms with Crippen LogP contribution in [0, 0.1) is 0 Å². The van der Waals surface area contributed by atoms with E-state index in [1.165, 1.54) is 11.8 Å². The van der Waals surface area contributed by atoms with Gasteiger partial charge in [-0.3, -0.25) is 0 Å². The fourth-order valence-corrected chi connectivity index (χ4v) is 2.30. The number of tetrazole rings is 1. The van der Waals surface area contributed by atoms with E-state index in [0.717, 1.165) is 5.56 Å². The number of fused-ring (bicyclic) bond motifs is 1. The molecule has 1 unspecified atom stereocenters. The molecule has 0 aliphatic carbocycles. The number of ether oxygens (including phenoxy) is 1. The predicted octanol–water partition coefficient (Wildman–Crippen LogP) is 1.24. The van der Waals surface area contributed by atoms with Crippen molar-refractivity contribution >= 4 is 17.6 Å². The first-order chi connectivity index (χ1) is 9.72. The van der Waals surface area contributed by atoms with Gasteiger partial charge in [0, 0.05) is 0 Å². The van der Waals surface area contributed by atoms with Gasteiger partial charge < -0.3 is 10.1 Å². The molecule has 1 N–H and O–H groups in total. The van der Waals surface area contributed by atoms with Crippen LogP contribution in [0.15, 0.2) is 35.9 Å². The second kappa shape index (κ2) is 4.76. The van der Waals surface area contributed by atoms with E-state index in [-0.39, 0.29) is 6.04 Å². The smallest absolute Gasteiger partial charge is 0.338 e. The molecule has 3 rings (SSSR count). The van der Waals surface area contributed by atoms with Crippen LogP contribution in [0.25, 0.3) is 5.70 Å². The van der Waals surface area contributed by atoms with Crippen molar-refractivity contribution < 1.29 is 9.53 Å². The largest absolute Gasteiger partial charge is 0.466 e. The highest BCUT2D eigenvalue weighted by atomic mass is 16.5. The van der Waals surface area contributed by atoms with Gasteiger partial charge in [0.05, 0.1) is 24.4 Å². The Hall–Kier alpha value is -2.70. The van der Waals surface area contributed by atoms with Crippen molar-refractivity contribution in [2.24, 2.45) is 0 Å². The number of carbonyl (C=O) groups is 1. The molecule has 0 spiro atoms. The van der Waals surface area contributed by atoms with Crippen LogP contribution in [0.5, 0.6) is 0 Å². The molecule has 0 saturated carbocycles. The summed E-state index contributed by atoms with van der Waals surface area (Å²) >= 11 is 0. The summed E-state index contributed by atoms with van der Waals surface area (Å²) in [7, 11) is 1.36. The zero-order valence-corrected chi connectivity index (χ0v) is 11.1. The Labute approximate surface area is 115 Å². The van der Waals surface area contributed by atoms with E-state index in [9.17, 15) is 4.79 Å². The third-order valence-electron chi connectivity index (χ3n) is 3.28. The Morgan fingerprint density at radius 3 is 2.80 bits per heavy atom. The van der Waals surface area contributed by atoms with Crippen LogP contribution in [0.2, 0.25) is 0 Å². The zero-order valence-electron chi connectivity index (χ0n) is 11.1. The van der Waals surface area contributed by atoms with Gasteiger partial charge >= 0.3 is 5.97 Å². The van der Waals surface area contributed by atoms with E-state index in [1.54, 1.807) is 6.92 Å². The third-order valence-corrected chi connectivity index (χ3v) is 3.28. The van der Waals surface area contributed by atoms with Gasteiger partial charge in [0.25, 0.3) is 0 Å². The molecular weight excluding hydrogens is 258 g/mol. The molecule has 1 atom stereocenters. The van der Waals surface area contributed by atoms with E-state index in [2.05, 4.69) is 20.8 Å². The first kappa shape index (κ1) is 12.3. The summed E-state index contributed by atoms with van der Waals surface area (Å²) in [5, 5.41) is 14.5. The molecule has 7 heteroatoms. The van der Waals surface area contributed by atoms with Crippen molar-refractivity contribution in [3.8, 4) is 0 Å². The summed E-state index contributed by atoms with van der Waals surface area (Å²) in [5.74, 6) is 0.106. The number of esters is 1. The summed E-state index contributed by atoms with van der Waals surface area (Å²) in [6.45, 7) is 1.79. The summed E-state index contributed by atoms with van der Waals surface area (Å²) in [4.78, 5) is 12.1. The average molecular weight is 271 g/mol. The minimum Gasteiger partial charge on any atom is -0.466 e. The lowest BCUT2D eigenvalue weighted by Crippen LogP contribution is -2.28. The number of rotatable bonds is 2. The number of benzene rings is 1. The van der Waals surface area contributed by atoms with Crippen LogP contribution in [-0.2, 0) is 9.53 Å². The zero-order chi connectivity index (χ0) is 14.1. The molecule has 20 heavy (non-hydrogen) atoms. The van der Waals surface area contributed by atoms with Crippen LogP contribution in [0.3, 0.4) is 0 Å². The third kappa shape index (κ3) is 1.83. The number of nitrogens with zero attached hydrogens (tertiary/aromatic N) is 4. The first-order valence-corrected chi connectivity index (χ1v) is 6.11. The number of carbonyl (C=O) groups excluding carboxylic acids is 1. The summed E-state index contributed by atoms with van der Waals surface area (Å²) in [6, 6.07) is 9.30.